The molecule has 9 nitrogen and oxygen atoms in total. The summed E-state index contributed by atoms with van der Waals surface area (Å²) in [4.78, 5) is 38.5. The van der Waals surface area contributed by atoms with Gasteiger partial charge in [-0.1, -0.05) is 12.1 Å². The van der Waals surface area contributed by atoms with Crippen LogP contribution in [-0.4, -0.2) is 56.1 Å². The average molecular weight is 483 g/mol. The molecule has 0 saturated carbocycles. The molecule has 1 saturated heterocycles. The zero-order valence-electron chi connectivity index (χ0n) is 18.5. The maximum atomic E-state index is 12.7. The van der Waals surface area contributed by atoms with Gasteiger partial charge >= 0.3 is 0 Å². The van der Waals surface area contributed by atoms with Crippen molar-refractivity contribution in [1.29, 1.82) is 0 Å². The SMILES string of the molecule is COc1ccc(/C=C/C(=O)NCCN2C(=O)S/C(=C\c3ccc4c(c3)OCO4)C2=O)cc1OC. The molecule has 0 atom stereocenters. The summed E-state index contributed by atoms with van der Waals surface area (Å²) in [5.41, 5.74) is 1.48. The number of thioether (sulfide) groups is 1. The Morgan fingerprint density at radius 3 is 2.62 bits per heavy atom. The predicted molar refractivity (Wildman–Crippen MR) is 127 cm³/mol. The third-order valence-electron chi connectivity index (χ3n) is 5.04. The first kappa shape index (κ1) is 23.2. The van der Waals surface area contributed by atoms with Crippen LogP contribution < -0.4 is 24.3 Å². The summed E-state index contributed by atoms with van der Waals surface area (Å²) in [6.07, 6.45) is 4.64. The van der Waals surface area contributed by atoms with Gasteiger partial charge in [0.1, 0.15) is 0 Å². The van der Waals surface area contributed by atoms with Crippen LogP contribution in [0.5, 0.6) is 23.0 Å². The fourth-order valence-corrected chi connectivity index (χ4v) is 4.19. The average Bonchev–Trinajstić information content (AvgIpc) is 3.41. The summed E-state index contributed by atoms with van der Waals surface area (Å²) in [7, 11) is 3.08. The standard InChI is InChI=1S/C24H22N2O7S/c1-30-17-6-3-15(11-19(17)31-2)5-8-22(27)25-9-10-26-23(28)21(34-24(26)29)13-16-4-7-18-20(12-16)33-14-32-18/h3-8,11-13H,9-10,14H2,1-2H3,(H,25,27)/b8-5+,21-13-. The second kappa shape index (κ2) is 10.3. The monoisotopic (exact) mass is 482 g/mol. The molecule has 0 aliphatic carbocycles. The van der Waals surface area contributed by atoms with Gasteiger partial charge in [-0.25, -0.2) is 0 Å². The van der Waals surface area contributed by atoms with Crippen molar-refractivity contribution in [1.82, 2.24) is 10.2 Å². The van der Waals surface area contributed by atoms with Gasteiger partial charge in [0, 0.05) is 19.2 Å². The highest BCUT2D eigenvalue weighted by Gasteiger charge is 2.34. The van der Waals surface area contributed by atoms with E-state index < -0.39 is 5.91 Å². The molecule has 0 aromatic heterocycles. The molecule has 2 aliphatic heterocycles. The highest BCUT2D eigenvalue weighted by molar-refractivity contribution is 8.18. The summed E-state index contributed by atoms with van der Waals surface area (Å²) in [5, 5.41) is 2.30. The van der Waals surface area contributed by atoms with Crippen LogP contribution in [0, 0.1) is 0 Å². The van der Waals surface area contributed by atoms with Crippen LogP contribution in [0.25, 0.3) is 12.2 Å². The van der Waals surface area contributed by atoms with Gasteiger partial charge in [-0.2, -0.15) is 0 Å². The summed E-state index contributed by atoms with van der Waals surface area (Å²) < 4.78 is 21.1. The predicted octanol–water partition coefficient (Wildman–Crippen LogP) is 3.30. The van der Waals surface area contributed by atoms with Crippen LogP contribution in [-0.2, 0) is 9.59 Å². The van der Waals surface area contributed by atoms with Gasteiger partial charge in [0.2, 0.25) is 12.7 Å². The van der Waals surface area contributed by atoms with Crippen molar-refractivity contribution in [2.75, 3.05) is 34.1 Å². The third kappa shape index (κ3) is 5.18. The molecule has 3 amide bonds. The van der Waals surface area contributed by atoms with Crippen molar-refractivity contribution in [3.63, 3.8) is 0 Å². The summed E-state index contributed by atoms with van der Waals surface area (Å²) in [5.74, 6) is 1.63. The van der Waals surface area contributed by atoms with Crippen LogP contribution in [0.3, 0.4) is 0 Å². The maximum Gasteiger partial charge on any atom is 0.293 e. The van der Waals surface area contributed by atoms with Gasteiger partial charge in [-0.3, -0.25) is 19.3 Å². The number of rotatable bonds is 8. The second-order valence-corrected chi connectivity index (χ2v) is 8.18. The molecule has 0 bridgehead atoms. The number of nitrogens with one attached hydrogen (secondary N) is 1. The molecule has 0 unspecified atom stereocenters. The zero-order chi connectivity index (χ0) is 24.1. The molecular formula is C24H22N2O7S. The summed E-state index contributed by atoms with van der Waals surface area (Å²) in [6.45, 7) is 0.355. The third-order valence-corrected chi connectivity index (χ3v) is 5.94. The minimum Gasteiger partial charge on any atom is -0.493 e. The number of carbonyl (C=O) groups excluding carboxylic acids is 3. The van der Waals surface area contributed by atoms with Crippen molar-refractivity contribution in [2.45, 2.75) is 0 Å². The molecule has 2 aliphatic rings. The lowest BCUT2D eigenvalue weighted by Gasteiger charge is -2.12. The number of fused-ring (bicyclic) bond motifs is 1. The van der Waals surface area contributed by atoms with Crippen molar-refractivity contribution < 1.29 is 33.3 Å². The van der Waals surface area contributed by atoms with Crippen LogP contribution in [0.15, 0.2) is 47.4 Å². The van der Waals surface area contributed by atoms with Gasteiger partial charge < -0.3 is 24.3 Å². The molecule has 34 heavy (non-hydrogen) atoms. The first-order valence-electron chi connectivity index (χ1n) is 10.3. The van der Waals surface area contributed by atoms with Gasteiger partial charge in [-0.05, 0) is 59.3 Å². The number of carbonyl (C=O) groups is 3. The van der Waals surface area contributed by atoms with E-state index in [0.29, 0.717) is 27.9 Å². The highest BCUT2D eigenvalue weighted by Crippen LogP contribution is 2.36. The largest absolute Gasteiger partial charge is 0.493 e. The molecule has 0 radical (unpaired) electrons. The molecule has 4 rings (SSSR count). The number of imide groups is 1. The lowest BCUT2D eigenvalue weighted by atomic mass is 10.2. The Hall–Kier alpha value is -3.92. The van der Waals surface area contributed by atoms with Crippen LogP contribution >= 0.6 is 11.8 Å². The fraction of sp³-hybridized carbons (Fsp3) is 0.208. The quantitative estimate of drug-likeness (QED) is 0.572. The van der Waals surface area contributed by atoms with E-state index in [2.05, 4.69) is 5.32 Å². The van der Waals surface area contributed by atoms with E-state index >= 15 is 0 Å². The van der Waals surface area contributed by atoms with E-state index in [1.165, 1.54) is 13.2 Å². The molecule has 0 spiro atoms. The summed E-state index contributed by atoms with van der Waals surface area (Å²) >= 11 is 0.860. The lowest BCUT2D eigenvalue weighted by Crippen LogP contribution is -2.36. The van der Waals surface area contributed by atoms with Crippen LogP contribution in [0.4, 0.5) is 4.79 Å². The van der Waals surface area contributed by atoms with E-state index in [9.17, 15) is 14.4 Å². The van der Waals surface area contributed by atoms with Gasteiger partial charge in [0.05, 0.1) is 19.1 Å². The number of benzene rings is 2. The van der Waals surface area contributed by atoms with Crippen molar-refractivity contribution in [2.24, 2.45) is 0 Å². The number of ether oxygens (including phenoxy) is 4. The maximum absolute atomic E-state index is 12.7. The number of nitrogens with zero attached hydrogens (tertiary/aromatic N) is 1. The number of methoxy groups -OCH3 is 2. The van der Waals surface area contributed by atoms with Crippen LogP contribution in [0.2, 0.25) is 0 Å². The van der Waals surface area contributed by atoms with E-state index in [-0.39, 0.29) is 31.0 Å². The lowest BCUT2D eigenvalue weighted by molar-refractivity contribution is -0.123. The Morgan fingerprint density at radius 2 is 1.82 bits per heavy atom. The Kier molecular flexibility index (Phi) is 7.07. The first-order valence-corrected chi connectivity index (χ1v) is 11.1. The Labute approximate surface area is 200 Å². The Balaban J connectivity index is 1.30. The van der Waals surface area contributed by atoms with Crippen molar-refractivity contribution >= 4 is 41.0 Å². The molecule has 176 valence electrons. The van der Waals surface area contributed by atoms with Crippen LogP contribution in [0.1, 0.15) is 11.1 Å². The van der Waals surface area contributed by atoms with Crippen molar-refractivity contribution in [3.8, 4) is 23.0 Å². The number of amides is 3. The molecular weight excluding hydrogens is 460 g/mol. The minimum atomic E-state index is -0.400. The normalized spacial score (nSPS) is 15.9. The highest BCUT2D eigenvalue weighted by atomic mass is 32.2. The summed E-state index contributed by atoms with van der Waals surface area (Å²) in [6, 6.07) is 10.6. The fourth-order valence-electron chi connectivity index (χ4n) is 3.33. The van der Waals surface area contributed by atoms with E-state index in [1.807, 2.05) is 0 Å². The second-order valence-electron chi connectivity index (χ2n) is 7.18. The topological polar surface area (TPSA) is 103 Å². The van der Waals surface area contributed by atoms with Gasteiger partial charge in [0.25, 0.3) is 11.1 Å². The number of hydrogen-bond acceptors (Lipinski definition) is 8. The molecule has 2 aromatic rings. The Morgan fingerprint density at radius 1 is 1.06 bits per heavy atom. The first-order chi connectivity index (χ1) is 16.5. The molecule has 2 aromatic carbocycles. The Bertz CT molecular complexity index is 1190. The molecule has 10 heteroatoms. The smallest absolute Gasteiger partial charge is 0.293 e. The molecule has 1 N–H and O–H groups in total. The zero-order valence-corrected chi connectivity index (χ0v) is 19.3. The van der Waals surface area contributed by atoms with Crippen molar-refractivity contribution in [3.05, 3.63) is 58.5 Å². The minimum absolute atomic E-state index is 0.0685. The van der Waals surface area contributed by atoms with Gasteiger partial charge in [0.15, 0.2) is 23.0 Å². The molecule has 2 heterocycles. The number of hydrogen-bond donors (Lipinski definition) is 1. The van der Waals surface area contributed by atoms with Gasteiger partial charge in [-0.15, -0.1) is 0 Å². The van der Waals surface area contributed by atoms with E-state index in [0.717, 1.165) is 27.8 Å². The molecule has 1 fully saturated rings. The van der Waals surface area contributed by atoms with E-state index in [4.69, 9.17) is 18.9 Å². The van der Waals surface area contributed by atoms with E-state index in [1.54, 1.807) is 55.7 Å².